The number of allylic oxidation sites excluding steroid dienone is 3. The summed E-state index contributed by atoms with van der Waals surface area (Å²) in [5.74, 6) is -0.0180. The lowest BCUT2D eigenvalue weighted by molar-refractivity contribution is -0.138. The van der Waals surface area contributed by atoms with Crippen molar-refractivity contribution in [3.63, 3.8) is 0 Å². The molecule has 148 valence electrons. The molecule has 5 heteroatoms. The number of benzene rings is 2. The van der Waals surface area contributed by atoms with E-state index < -0.39 is 5.92 Å². The fourth-order valence-corrected chi connectivity index (χ4v) is 4.56. The van der Waals surface area contributed by atoms with Gasteiger partial charge in [-0.1, -0.05) is 48.5 Å². The maximum Gasteiger partial charge on any atom is 0.336 e. The van der Waals surface area contributed by atoms with Crippen molar-refractivity contribution in [3.8, 4) is 6.07 Å². The number of nitriles is 1. The van der Waals surface area contributed by atoms with Gasteiger partial charge in [-0.2, -0.15) is 5.26 Å². The molecule has 0 aromatic heterocycles. The molecule has 2 aromatic carbocycles. The summed E-state index contributed by atoms with van der Waals surface area (Å²) in [5, 5.41) is 13.1. The standard InChI is InChI=1S/C24H24N2O2S/c1-4-28-24(27)22-17(3)26-16(2)20(14-25)23(22)19-12-8-9-13-21(19)29-15-18-10-6-5-7-11-18/h5-13,23,26H,4,15H2,1-3H3. The Balaban J connectivity index is 2.04. The molecular weight excluding hydrogens is 380 g/mol. The SMILES string of the molecule is CCOC(=O)C1=C(C)NC(C)=C(C#N)C1c1ccccc1SCc1ccccc1. The summed E-state index contributed by atoms with van der Waals surface area (Å²) in [4.78, 5) is 13.8. The summed E-state index contributed by atoms with van der Waals surface area (Å²) in [5.41, 5.74) is 4.72. The molecule has 1 aliphatic rings. The number of hydrogen-bond donors (Lipinski definition) is 1. The van der Waals surface area contributed by atoms with Crippen molar-refractivity contribution in [1.82, 2.24) is 5.32 Å². The van der Waals surface area contributed by atoms with Gasteiger partial charge in [-0.15, -0.1) is 11.8 Å². The topological polar surface area (TPSA) is 62.1 Å². The molecule has 0 spiro atoms. The summed E-state index contributed by atoms with van der Waals surface area (Å²) in [6.07, 6.45) is 0. The van der Waals surface area contributed by atoms with Crippen LogP contribution < -0.4 is 5.32 Å². The number of ether oxygens (including phenoxy) is 1. The van der Waals surface area contributed by atoms with Gasteiger partial charge < -0.3 is 10.1 Å². The molecule has 0 fully saturated rings. The zero-order valence-electron chi connectivity index (χ0n) is 16.9. The lowest BCUT2D eigenvalue weighted by Gasteiger charge is -2.29. The molecule has 2 aromatic rings. The van der Waals surface area contributed by atoms with Crippen LogP contribution in [0.25, 0.3) is 0 Å². The van der Waals surface area contributed by atoms with Crippen LogP contribution in [-0.2, 0) is 15.3 Å². The second-order valence-electron chi connectivity index (χ2n) is 6.78. The van der Waals surface area contributed by atoms with Crippen LogP contribution in [0.4, 0.5) is 0 Å². The summed E-state index contributed by atoms with van der Waals surface area (Å²) >= 11 is 1.71. The maximum absolute atomic E-state index is 12.8. The fraction of sp³-hybridized carbons (Fsp3) is 0.250. The van der Waals surface area contributed by atoms with Crippen molar-refractivity contribution in [1.29, 1.82) is 5.26 Å². The Bertz CT molecular complexity index is 1000. The van der Waals surface area contributed by atoms with E-state index in [1.165, 1.54) is 5.56 Å². The molecule has 0 amide bonds. The van der Waals surface area contributed by atoms with Crippen molar-refractivity contribution in [2.24, 2.45) is 0 Å². The van der Waals surface area contributed by atoms with E-state index >= 15 is 0 Å². The number of esters is 1. The first kappa shape index (κ1) is 20.8. The minimum absolute atomic E-state index is 0.289. The van der Waals surface area contributed by atoms with Crippen LogP contribution in [0, 0.1) is 11.3 Å². The highest BCUT2D eigenvalue weighted by molar-refractivity contribution is 7.98. The minimum atomic E-state index is -0.445. The Morgan fingerprint density at radius 2 is 1.79 bits per heavy atom. The molecule has 0 radical (unpaired) electrons. The third-order valence-electron chi connectivity index (χ3n) is 4.84. The predicted molar refractivity (Wildman–Crippen MR) is 116 cm³/mol. The molecule has 0 saturated carbocycles. The van der Waals surface area contributed by atoms with E-state index in [-0.39, 0.29) is 12.6 Å². The number of hydrogen-bond acceptors (Lipinski definition) is 5. The van der Waals surface area contributed by atoms with E-state index in [1.807, 2.05) is 56.3 Å². The molecular formula is C24H24N2O2S. The number of thioether (sulfide) groups is 1. The molecule has 0 aliphatic carbocycles. The van der Waals surface area contributed by atoms with Gasteiger partial charge in [0.25, 0.3) is 0 Å². The smallest absolute Gasteiger partial charge is 0.336 e. The van der Waals surface area contributed by atoms with E-state index in [0.29, 0.717) is 11.1 Å². The number of rotatable bonds is 6. The summed E-state index contributed by atoms with van der Waals surface area (Å²) < 4.78 is 5.33. The van der Waals surface area contributed by atoms with Gasteiger partial charge in [0, 0.05) is 22.0 Å². The van der Waals surface area contributed by atoms with Gasteiger partial charge in [0.2, 0.25) is 0 Å². The quantitative estimate of drug-likeness (QED) is 0.523. The summed E-state index contributed by atoms with van der Waals surface area (Å²) in [6, 6.07) is 20.6. The minimum Gasteiger partial charge on any atom is -0.463 e. The van der Waals surface area contributed by atoms with Crippen LogP contribution in [0.2, 0.25) is 0 Å². The second kappa shape index (κ2) is 9.49. The molecule has 1 N–H and O–H groups in total. The molecule has 1 atom stereocenters. The Morgan fingerprint density at radius 1 is 1.10 bits per heavy atom. The third-order valence-corrected chi connectivity index (χ3v) is 6.00. The van der Waals surface area contributed by atoms with Crippen molar-refractivity contribution < 1.29 is 9.53 Å². The van der Waals surface area contributed by atoms with Crippen molar-refractivity contribution in [2.75, 3.05) is 6.61 Å². The third kappa shape index (κ3) is 4.55. The van der Waals surface area contributed by atoms with Crippen molar-refractivity contribution in [3.05, 3.63) is 88.3 Å². The Kier molecular flexibility index (Phi) is 6.79. The molecule has 1 aliphatic heterocycles. The lowest BCUT2D eigenvalue weighted by Crippen LogP contribution is -2.29. The Morgan fingerprint density at radius 3 is 2.48 bits per heavy atom. The van der Waals surface area contributed by atoms with Gasteiger partial charge in [0.15, 0.2) is 0 Å². The van der Waals surface area contributed by atoms with Crippen LogP contribution in [0.15, 0.2) is 82.0 Å². The number of carbonyl (C=O) groups is 1. The van der Waals surface area contributed by atoms with Gasteiger partial charge >= 0.3 is 5.97 Å². The second-order valence-corrected chi connectivity index (χ2v) is 7.80. The van der Waals surface area contributed by atoms with Crippen LogP contribution in [0.1, 0.15) is 37.8 Å². The van der Waals surface area contributed by atoms with Crippen LogP contribution in [0.5, 0.6) is 0 Å². The Hall–Kier alpha value is -2.97. The number of nitrogens with one attached hydrogen (secondary N) is 1. The van der Waals surface area contributed by atoms with Crippen LogP contribution in [-0.4, -0.2) is 12.6 Å². The van der Waals surface area contributed by atoms with Gasteiger partial charge in [0.1, 0.15) is 0 Å². The lowest BCUT2D eigenvalue weighted by atomic mass is 9.81. The molecule has 1 heterocycles. The molecule has 0 saturated heterocycles. The van der Waals surface area contributed by atoms with Gasteiger partial charge in [-0.05, 0) is 38.0 Å². The summed E-state index contributed by atoms with van der Waals surface area (Å²) in [7, 11) is 0. The normalized spacial score (nSPS) is 16.3. The zero-order chi connectivity index (χ0) is 20.8. The molecule has 3 rings (SSSR count). The molecule has 4 nitrogen and oxygen atoms in total. The molecule has 0 bridgehead atoms. The zero-order valence-corrected chi connectivity index (χ0v) is 17.7. The number of nitrogens with zero attached hydrogens (tertiary/aromatic N) is 1. The van der Waals surface area contributed by atoms with Gasteiger partial charge in [-0.3, -0.25) is 0 Å². The van der Waals surface area contributed by atoms with Gasteiger partial charge in [0.05, 0.1) is 29.7 Å². The van der Waals surface area contributed by atoms with E-state index in [0.717, 1.165) is 27.6 Å². The largest absolute Gasteiger partial charge is 0.463 e. The monoisotopic (exact) mass is 404 g/mol. The molecule has 1 unspecified atom stereocenters. The van der Waals surface area contributed by atoms with E-state index in [9.17, 15) is 10.1 Å². The highest BCUT2D eigenvalue weighted by Gasteiger charge is 2.35. The van der Waals surface area contributed by atoms with Gasteiger partial charge in [-0.25, -0.2) is 4.79 Å². The van der Waals surface area contributed by atoms with Crippen molar-refractivity contribution >= 4 is 17.7 Å². The molecule has 29 heavy (non-hydrogen) atoms. The van der Waals surface area contributed by atoms with Crippen LogP contribution in [0.3, 0.4) is 0 Å². The average molecular weight is 405 g/mol. The van der Waals surface area contributed by atoms with E-state index in [1.54, 1.807) is 18.7 Å². The average Bonchev–Trinajstić information content (AvgIpc) is 2.73. The van der Waals surface area contributed by atoms with E-state index in [4.69, 9.17) is 4.74 Å². The highest BCUT2D eigenvalue weighted by atomic mass is 32.2. The summed E-state index contributed by atoms with van der Waals surface area (Å²) in [6.45, 7) is 5.81. The van der Waals surface area contributed by atoms with E-state index in [2.05, 4.69) is 23.5 Å². The first-order valence-electron chi connectivity index (χ1n) is 9.58. The van der Waals surface area contributed by atoms with Crippen molar-refractivity contribution in [2.45, 2.75) is 37.3 Å². The number of dihydropyridines is 1. The van der Waals surface area contributed by atoms with Crippen LogP contribution >= 0.6 is 11.8 Å². The maximum atomic E-state index is 12.8. The predicted octanol–water partition coefficient (Wildman–Crippen LogP) is 5.30. The first-order valence-corrected chi connectivity index (χ1v) is 10.6. The number of carbonyl (C=O) groups excluding carboxylic acids is 1. The Labute approximate surface area is 176 Å². The highest BCUT2D eigenvalue weighted by Crippen LogP contribution is 2.42. The fourth-order valence-electron chi connectivity index (χ4n) is 3.52. The first-order chi connectivity index (χ1) is 14.1.